The smallest absolute Gasteiger partial charge is 0.399 e. The highest BCUT2D eigenvalue weighted by atomic mass is 28.3. The Labute approximate surface area is 150 Å². The molecule has 0 saturated carbocycles. The molecule has 0 unspecified atom stereocenters. The van der Waals surface area contributed by atoms with E-state index in [-0.39, 0.29) is 18.3 Å². The van der Waals surface area contributed by atoms with Crippen LogP contribution in [0.2, 0.25) is 38.3 Å². The van der Waals surface area contributed by atoms with E-state index in [0.29, 0.717) is 0 Å². The van der Waals surface area contributed by atoms with Crippen molar-refractivity contribution in [2.24, 2.45) is 0 Å². The van der Waals surface area contributed by atoms with E-state index >= 15 is 0 Å². The number of hydrogen-bond donors (Lipinski definition) is 0. The molecule has 0 radical (unpaired) electrons. The molecule has 0 atom stereocenters. The van der Waals surface area contributed by atoms with E-state index in [9.17, 15) is 0 Å². The molecule has 24 heavy (non-hydrogen) atoms. The Morgan fingerprint density at radius 1 is 0.833 bits per heavy atom. The van der Waals surface area contributed by atoms with Crippen molar-refractivity contribution < 1.29 is 9.31 Å². The van der Waals surface area contributed by atoms with Crippen LogP contribution in [-0.4, -0.2) is 34.5 Å². The van der Waals surface area contributed by atoms with Gasteiger partial charge in [-0.25, -0.2) is 0 Å². The molecule has 0 N–H and O–H groups in total. The van der Waals surface area contributed by atoms with Crippen molar-refractivity contribution in [3.8, 4) is 0 Å². The molecule has 132 valence electrons. The van der Waals surface area contributed by atoms with Crippen molar-refractivity contribution in [1.29, 1.82) is 0 Å². The zero-order valence-electron chi connectivity index (χ0n) is 17.0. The van der Waals surface area contributed by atoms with Gasteiger partial charge in [0.2, 0.25) is 0 Å². The summed E-state index contributed by atoms with van der Waals surface area (Å²) in [7, 11) is -2.89. The topological polar surface area (TPSA) is 18.5 Å². The van der Waals surface area contributed by atoms with E-state index in [2.05, 4.69) is 72.9 Å². The Morgan fingerprint density at radius 3 is 1.71 bits per heavy atom. The maximum absolute atomic E-state index is 6.35. The highest BCUT2D eigenvalue weighted by Gasteiger charge is 2.52. The number of benzene rings is 1. The number of fused-ring (bicyclic) bond motifs is 1. The lowest BCUT2D eigenvalue weighted by Gasteiger charge is -2.40. The van der Waals surface area contributed by atoms with E-state index in [4.69, 9.17) is 9.31 Å². The average Bonchev–Trinajstić information content (AvgIpc) is 2.63. The molecule has 1 fully saturated rings. The van der Waals surface area contributed by atoms with Crippen LogP contribution in [0.25, 0.3) is 0 Å². The summed E-state index contributed by atoms with van der Waals surface area (Å²) in [6, 6.07) is 7.81. The minimum absolute atomic E-state index is 0.239. The molecule has 0 aliphatic carbocycles. The van der Waals surface area contributed by atoms with E-state index < -0.39 is 16.1 Å². The van der Waals surface area contributed by atoms with Crippen molar-refractivity contribution in [3.05, 3.63) is 17.7 Å². The van der Waals surface area contributed by atoms with Crippen LogP contribution < -0.4 is 15.8 Å². The van der Waals surface area contributed by atoms with Gasteiger partial charge in [0.1, 0.15) is 0 Å². The summed E-state index contributed by atoms with van der Waals surface area (Å²) in [5, 5.41) is 3.36. The number of aryl methyl sites for hydroxylation is 1. The lowest BCUT2D eigenvalue weighted by Crippen LogP contribution is -2.65. The molecule has 3 rings (SSSR count). The van der Waals surface area contributed by atoms with Gasteiger partial charge in [0.15, 0.2) is 0 Å². The van der Waals surface area contributed by atoms with Gasteiger partial charge in [-0.15, -0.1) is 0 Å². The minimum atomic E-state index is -1.35. The van der Waals surface area contributed by atoms with Crippen LogP contribution in [-0.2, 0) is 9.31 Å². The standard InChI is InChI=1S/C19H33BO2Si2/c1-14-12-16-17(24(8,9)11-10-23(16,6)7)13-15(14)20-21-18(2,3)19(4,5)22-20/h12-13H,10-11H2,1-9H3. The molecule has 2 aliphatic heterocycles. The molecule has 0 aromatic heterocycles. The first-order chi connectivity index (χ1) is 10.8. The fraction of sp³-hybridized carbons (Fsp3) is 0.684. The summed E-state index contributed by atoms with van der Waals surface area (Å²) in [6.07, 6.45) is 0. The second-order valence-corrected chi connectivity index (χ2v) is 19.7. The van der Waals surface area contributed by atoms with Gasteiger partial charge < -0.3 is 9.31 Å². The van der Waals surface area contributed by atoms with E-state index in [0.717, 1.165) is 0 Å². The normalized spacial score (nSPS) is 26.3. The fourth-order valence-corrected chi connectivity index (χ4v) is 14.3. The van der Waals surface area contributed by atoms with Gasteiger partial charge in [0.25, 0.3) is 0 Å². The third kappa shape index (κ3) is 2.77. The van der Waals surface area contributed by atoms with Crippen molar-refractivity contribution in [2.45, 2.75) is 84.1 Å². The Kier molecular flexibility index (Phi) is 4.09. The van der Waals surface area contributed by atoms with Gasteiger partial charge in [-0.1, -0.05) is 66.3 Å². The molecule has 0 bridgehead atoms. The summed E-state index contributed by atoms with van der Waals surface area (Å²) in [6.45, 7) is 20.9. The van der Waals surface area contributed by atoms with Gasteiger partial charge in [-0.05, 0) is 40.1 Å². The molecular formula is C19H33BO2Si2. The van der Waals surface area contributed by atoms with Crippen molar-refractivity contribution in [3.63, 3.8) is 0 Å². The highest BCUT2D eigenvalue weighted by Crippen LogP contribution is 2.37. The zero-order chi connectivity index (χ0) is 18.1. The van der Waals surface area contributed by atoms with E-state index in [1.807, 2.05) is 0 Å². The fourth-order valence-electron chi connectivity index (χ4n) is 3.96. The van der Waals surface area contributed by atoms with Crippen LogP contribution in [0.1, 0.15) is 33.3 Å². The summed E-state index contributed by atoms with van der Waals surface area (Å²) in [4.78, 5) is 0. The van der Waals surface area contributed by atoms with Crippen LogP contribution >= 0.6 is 0 Å². The minimum Gasteiger partial charge on any atom is -0.399 e. The maximum Gasteiger partial charge on any atom is 0.495 e. The lowest BCUT2D eigenvalue weighted by molar-refractivity contribution is 0.00578. The van der Waals surface area contributed by atoms with E-state index in [1.54, 1.807) is 10.4 Å². The molecule has 5 heteroatoms. The summed E-state index contributed by atoms with van der Waals surface area (Å²) in [5.74, 6) is 0. The van der Waals surface area contributed by atoms with Crippen LogP contribution in [0.3, 0.4) is 0 Å². The highest BCUT2D eigenvalue weighted by molar-refractivity contribution is 7.03. The molecule has 1 aromatic rings. The molecule has 2 nitrogen and oxygen atoms in total. The number of rotatable bonds is 1. The molecule has 2 aliphatic rings. The summed E-state index contributed by atoms with van der Waals surface area (Å²) in [5.41, 5.74) is 2.03. The SMILES string of the molecule is Cc1cc2c(cc1B1OC(C)(C)C(C)(C)O1)[Si](C)(C)CC[Si]2(C)C. The number of hydrogen-bond acceptors (Lipinski definition) is 2. The van der Waals surface area contributed by atoms with Crippen LogP contribution in [0, 0.1) is 6.92 Å². The Balaban J connectivity index is 2.10. The summed E-state index contributed by atoms with van der Waals surface area (Å²) < 4.78 is 12.7. The first-order valence-corrected chi connectivity index (χ1v) is 15.7. The predicted octanol–water partition coefficient (Wildman–Crippen LogP) is 3.14. The second kappa shape index (κ2) is 5.32. The van der Waals surface area contributed by atoms with Crippen LogP contribution in [0.5, 0.6) is 0 Å². The van der Waals surface area contributed by atoms with Crippen molar-refractivity contribution >= 4 is 39.1 Å². The molecule has 2 heterocycles. The van der Waals surface area contributed by atoms with Gasteiger partial charge in [-0.3, -0.25) is 0 Å². The first-order valence-electron chi connectivity index (χ1n) is 9.28. The molecule has 0 amide bonds. The summed E-state index contributed by atoms with van der Waals surface area (Å²) >= 11 is 0. The van der Waals surface area contributed by atoms with Gasteiger partial charge in [-0.2, -0.15) is 0 Å². The average molecular weight is 360 g/mol. The second-order valence-electron chi connectivity index (χ2n) is 10.1. The molecule has 1 aromatic carbocycles. The largest absolute Gasteiger partial charge is 0.495 e. The Morgan fingerprint density at radius 2 is 1.25 bits per heavy atom. The maximum atomic E-state index is 6.35. The third-order valence-electron chi connectivity index (χ3n) is 6.75. The molecule has 0 spiro atoms. The van der Waals surface area contributed by atoms with Crippen molar-refractivity contribution in [2.75, 3.05) is 0 Å². The third-order valence-corrected chi connectivity index (χ3v) is 14.2. The monoisotopic (exact) mass is 360 g/mol. The van der Waals surface area contributed by atoms with E-state index in [1.165, 1.54) is 23.1 Å². The predicted molar refractivity (Wildman–Crippen MR) is 111 cm³/mol. The van der Waals surface area contributed by atoms with Gasteiger partial charge in [0, 0.05) is 0 Å². The Bertz CT molecular complexity index is 664. The Hall–Kier alpha value is -0.361. The van der Waals surface area contributed by atoms with Gasteiger partial charge >= 0.3 is 7.12 Å². The van der Waals surface area contributed by atoms with Crippen LogP contribution in [0.4, 0.5) is 0 Å². The zero-order valence-corrected chi connectivity index (χ0v) is 19.0. The van der Waals surface area contributed by atoms with Crippen molar-refractivity contribution in [1.82, 2.24) is 0 Å². The molecular weight excluding hydrogens is 327 g/mol. The molecule has 1 saturated heterocycles. The van der Waals surface area contributed by atoms with Crippen LogP contribution in [0.15, 0.2) is 12.1 Å². The first kappa shape index (κ1) is 18.4. The van der Waals surface area contributed by atoms with Gasteiger partial charge in [0.05, 0.1) is 27.3 Å². The quantitative estimate of drug-likeness (QED) is 0.717. The lowest BCUT2D eigenvalue weighted by atomic mass is 9.76.